The number of hydrogen-bond acceptors (Lipinski definition) is 3. The van der Waals surface area contributed by atoms with Gasteiger partial charge in [-0.05, 0) is 62.5 Å². The number of nitrogens with one attached hydrogen (secondary N) is 3. The molecule has 104 valence electrons. The predicted molar refractivity (Wildman–Crippen MR) is 80.6 cm³/mol. The second-order valence-electron chi connectivity index (χ2n) is 5.98. The summed E-state index contributed by atoms with van der Waals surface area (Å²) >= 11 is 0. The third-order valence-electron chi connectivity index (χ3n) is 4.49. The number of benzene rings is 1. The maximum absolute atomic E-state index is 3.57. The predicted octanol–water partition coefficient (Wildman–Crippen LogP) is 2.30. The quantitative estimate of drug-likeness (QED) is 0.776. The number of piperidine rings is 1. The normalized spacial score (nSPS) is 25.9. The molecule has 1 aromatic rings. The Labute approximate surface area is 116 Å². The highest BCUT2D eigenvalue weighted by molar-refractivity contribution is 5.59. The molecule has 0 aliphatic carbocycles. The van der Waals surface area contributed by atoms with Gasteiger partial charge in [-0.2, -0.15) is 0 Å². The van der Waals surface area contributed by atoms with Gasteiger partial charge >= 0.3 is 0 Å². The Balaban J connectivity index is 1.70. The average Bonchev–Trinajstić information content (AvgIpc) is 2.83. The molecule has 0 amide bonds. The first-order valence-corrected chi connectivity index (χ1v) is 7.59. The molecule has 2 unspecified atom stereocenters. The van der Waals surface area contributed by atoms with Crippen LogP contribution in [0.15, 0.2) is 18.2 Å². The Morgan fingerprint density at radius 1 is 1.32 bits per heavy atom. The monoisotopic (exact) mass is 259 g/mol. The first kappa shape index (κ1) is 12.9. The number of rotatable bonds is 4. The van der Waals surface area contributed by atoms with Gasteiger partial charge in [-0.1, -0.05) is 12.1 Å². The lowest BCUT2D eigenvalue weighted by molar-refractivity contribution is 0.340. The summed E-state index contributed by atoms with van der Waals surface area (Å²) in [7, 11) is 2.01. The summed E-state index contributed by atoms with van der Waals surface area (Å²) < 4.78 is 0. The van der Waals surface area contributed by atoms with Crippen molar-refractivity contribution in [1.82, 2.24) is 10.6 Å². The molecule has 2 heterocycles. The van der Waals surface area contributed by atoms with E-state index < -0.39 is 0 Å². The highest BCUT2D eigenvalue weighted by Gasteiger charge is 2.26. The highest BCUT2D eigenvalue weighted by atomic mass is 14.9. The van der Waals surface area contributed by atoms with Crippen molar-refractivity contribution in [3.05, 3.63) is 29.3 Å². The number of hydrogen-bond donors (Lipinski definition) is 3. The molecular formula is C16H25N3. The van der Waals surface area contributed by atoms with Gasteiger partial charge in [0.1, 0.15) is 0 Å². The van der Waals surface area contributed by atoms with Crippen LogP contribution >= 0.6 is 0 Å². The molecule has 1 fully saturated rings. The van der Waals surface area contributed by atoms with Gasteiger partial charge in [-0.25, -0.2) is 0 Å². The number of fused-ring (bicyclic) bond motifs is 1. The Morgan fingerprint density at radius 3 is 3.05 bits per heavy atom. The largest absolute Gasteiger partial charge is 0.384 e. The molecule has 0 saturated carbocycles. The van der Waals surface area contributed by atoms with Gasteiger partial charge in [0, 0.05) is 24.7 Å². The molecule has 1 saturated heterocycles. The van der Waals surface area contributed by atoms with Crippen LogP contribution in [0.1, 0.15) is 36.3 Å². The van der Waals surface area contributed by atoms with Crippen molar-refractivity contribution in [2.45, 2.75) is 31.7 Å². The van der Waals surface area contributed by atoms with E-state index in [-0.39, 0.29) is 0 Å². The highest BCUT2D eigenvalue weighted by Crippen LogP contribution is 2.37. The molecule has 19 heavy (non-hydrogen) atoms. The van der Waals surface area contributed by atoms with E-state index in [0.29, 0.717) is 5.92 Å². The van der Waals surface area contributed by atoms with Crippen molar-refractivity contribution in [2.24, 2.45) is 5.92 Å². The van der Waals surface area contributed by atoms with Crippen LogP contribution in [0.25, 0.3) is 0 Å². The molecular weight excluding hydrogens is 234 g/mol. The molecule has 3 heteroatoms. The Hall–Kier alpha value is -1.06. The minimum atomic E-state index is 0.705. The lowest BCUT2D eigenvalue weighted by Gasteiger charge is -2.25. The van der Waals surface area contributed by atoms with Gasteiger partial charge in [0.25, 0.3) is 0 Å². The third kappa shape index (κ3) is 2.93. The van der Waals surface area contributed by atoms with Crippen molar-refractivity contribution in [1.29, 1.82) is 0 Å². The van der Waals surface area contributed by atoms with E-state index >= 15 is 0 Å². The summed E-state index contributed by atoms with van der Waals surface area (Å²) in [6, 6.07) is 6.88. The van der Waals surface area contributed by atoms with E-state index in [9.17, 15) is 0 Å². The fourth-order valence-electron chi connectivity index (χ4n) is 3.51. The van der Waals surface area contributed by atoms with Gasteiger partial charge in [0.05, 0.1) is 0 Å². The fourth-order valence-corrected chi connectivity index (χ4v) is 3.51. The summed E-state index contributed by atoms with van der Waals surface area (Å²) in [5.41, 5.74) is 4.30. The molecule has 0 radical (unpaired) electrons. The summed E-state index contributed by atoms with van der Waals surface area (Å²) in [6.07, 6.45) is 4.07. The van der Waals surface area contributed by atoms with Gasteiger partial charge < -0.3 is 16.0 Å². The molecule has 3 N–H and O–H groups in total. The second-order valence-corrected chi connectivity index (χ2v) is 5.98. The molecule has 1 aromatic carbocycles. The van der Waals surface area contributed by atoms with E-state index in [0.717, 1.165) is 19.0 Å². The topological polar surface area (TPSA) is 36.1 Å². The van der Waals surface area contributed by atoms with Crippen molar-refractivity contribution < 1.29 is 0 Å². The van der Waals surface area contributed by atoms with E-state index in [1.165, 1.54) is 43.6 Å². The first-order valence-electron chi connectivity index (χ1n) is 7.59. The maximum atomic E-state index is 3.57. The minimum Gasteiger partial charge on any atom is -0.384 e. The van der Waals surface area contributed by atoms with Crippen LogP contribution in [0.3, 0.4) is 0 Å². The molecule has 3 nitrogen and oxygen atoms in total. The van der Waals surface area contributed by atoms with Crippen LogP contribution in [-0.4, -0.2) is 26.7 Å². The Kier molecular flexibility index (Phi) is 4.04. The summed E-state index contributed by atoms with van der Waals surface area (Å²) in [5.74, 6) is 1.57. The fraction of sp³-hybridized carbons (Fsp3) is 0.625. The summed E-state index contributed by atoms with van der Waals surface area (Å²) in [5, 5.41) is 10.3. The molecule has 2 aliphatic rings. The van der Waals surface area contributed by atoms with Gasteiger partial charge in [-0.3, -0.25) is 0 Å². The summed E-state index contributed by atoms with van der Waals surface area (Å²) in [6.45, 7) is 4.50. The maximum Gasteiger partial charge on any atom is 0.0376 e. The van der Waals surface area contributed by atoms with Crippen molar-refractivity contribution in [2.75, 3.05) is 32.0 Å². The van der Waals surface area contributed by atoms with Crippen LogP contribution in [0, 0.1) is 5.92 Å². The van der Waals surface area contributed by atoms with Crippen LogP contribution in [0.2, 0.25) is 0 Å². The van der Waals surface area contributed by atoms with Crippen LogP contribution in [-0.2, 0) is 6.54 Å². The standard InChI is InChI=1S/C16H25N3/c1-17-9-13-4-5-16-15(8-13)14(11-19-16)7-12-3-2-6-18-10-12/h4-5,8,12,14,17-19H,2-3,6-7,9-11H2,1H3. The van der Waals surface area contributed by atoms with Gasteiger partial charge in [0.15, 0.2) is 0 Å². The SMILES string of the molecule is CNCc1ccc2c(c1)C(CC1CCCNC1)CN2. The molecule has 0 bridgehead atoms. The zero-order chi connectivity index (χ0) is 13.1. The van der Waals surface area contributed by atoms with Crippen molar-refractivity contribution >= 4 is 5.69 Å². The average molecular weight is 259 g/mol. The van der Waals surface area contributed by atoms with Crippen LogP contribution in [0.5, 0.6) is 0 Å². The molecule has 0 spiro atoms. The molecule has 3 rings (SSSR count). The second kappa shape index (κ2) is 5.93. The zero-order valence-electron chi connectivity index (χ0n) is 11.8. The third-order valence-corrected chi connectivity index (χ3v) is 4.49. The summed E-state index contributed by atoms with van der Waals surface area (Å²) in [4.78, 5) is 0. The van der Waals surface area contributed by atoms with Gasteiger partial charge in [-0.15, -0.1) is 0 Å². The van der Waals surface area contributed by atoms with Crippen LogP contribution < -0.4 is 16.0 Å². The van der Waals surface area contributed by atoms with Gasteiger partial charge in [0.2, 0.25) is 0 Å². The van der Waals surface area contributed by atoms with E-state index in [4.69, 9.17) is 0 Å². The lowest BCUT2D eigenvalue weighted by atomic mass is 9.86. The van der Waals surface area contributed by atoms with E-state index in [2.05, 4.69) is 34.1 Å². The van der Waals surface area contributed by atoms with Crippen molar-refractivity contribution in [3.8, 4) is 0 Å². The smallest absolute Gasteiger partial charge is 0.0376 e. The van der Waals surface area contributed by atoms with Crippen molar-refractivity contribution in [3.63, 3.8) is 0 Å². The Bertz CT molecular complexity index is 424. The lowest BCUT2D eigenvalue weighted by Crippen LogP contribution is -2.30. The molecule has 2 atom stereocenters. The molecule has 0 aromatic heterocycles. The van der Waals surface area contributed by atoms with E-state index in [1.54, 1.807) is 5.56 Å². The zero-order valence-corrected chi connectivity index (χ0v) is 11.8. The van der Waals surface area contributed by atoms with E-state index in [1.807, 2.05) is 7.05 Å². The first-order chi connectivity index (χ1) is 9.36. The number of anilines is 1. The van der Waals surface area contributed by atoms with Crippen LogP contribution in [0.4, 0.5) is 5.69 Å². The minimum absolute atomic E-state index is 0.705. The molecule has 2 aliphatic heterocycles. The Morgan fingerprint density at radius 2 is 2.26 bits per heavy atom.